The Bertz CT molecular complexity index is 359. The number of carbonyl (C=O) groups is 1. The Morgan fingerprint density at radius 2 is 2.40 bits per heavy atom. The Kier molecular flexibility index (Phi) is 2.87. The van der Waals surface area contributed by atoms with Crippen molar-refractivity contribution in [1.82, 2.24) is 0 Å². The normalized spacial score (nSPS) is 20.1. The topological polar surface area (TPSA) is 64.3 Å². The minimum Gasteiger partial charge on any atom is -0.399 e. The first-order valence-corrected chi connectivity index (χ1v) is 5.04. The quantitative estimate of drug-likeness (QED) is 0.718. The van der Waals surface area contributed by atoms with Crippen molar-refractivity contribution in [2.45, 2.75) is 18.9 Å². The highest BCUT2D eigenvalue weighted by molar-refractivity contribution is 5.94. The molecule has 4 heteroatoms. The van der Waals surface area contributed by atoms with Gasteiger partial charge in [-0.15, -0.1) is 0 Å². The predicted molar refractivity (Wildman–Crippen MR) is 58.5 cm³/mol. The van der Waals surface area contributed by atoms with Crippen LogP contribution in [0.1, 0.15) is 12.8 Å². The molecule has 0 radical (unpaired) electrons. The van der Waals surface area contributed by atoms with E-state index in [-0.39, 0.29) is 12.0 Å². The fourth-order valence-corrected chi connectivity index (χ4v) is 1.62. The van der Waals surface area contributed by atoms with Crippen LogP contribution in [0, 0.1) is 0 Å². The van der Waals surface area contributed by atoms with Crippen molar-refractivity contribution < 1.29 is 9.53 Å². The van der Waals surface area contributed by atoms with Gasteiger partial charge in [0.25, 0.3) is 5.91 Å². The molecular formula is C11H14N2O2. The fraction of sp³-hybridized carbons (Fsp3) is 0.364. The van der Waals surface area contributed by atoms with Crippen molar-refractivity contribution in [2.75, 3.05) is 17.7 Å². The monoisotopic (exact) mass is 206 g/mol. The summed E-state index contributed by atoms with van der Waals surface area (Å²) in [6.45, 7) is 0.676. The lowest BCUT2D eigenvalue weighted by Gasteiger charge is -2.10. The van der Waals surface area contributed by atoms with Crippen molar-refractivity contribution in [2.24, 2.45) is 0 Å². The molecule has 1 aliphatic heterocycles. The van der Waals surface area contributed by atoms with Crippen LogP contribution >= 0.6 is 0 Å². The second kappa shape index (κ2) is 4.31. The summed E-state index contributed by atoms with van der Waals surface area (Å²) >= 11 is 0. The molecule has 1 aliphatic rings. The molecule has 0 unspecified atom stereocenters. The molecule has 1 heterocycles. The molecule has 0 saturated carbocycles. The minimum atomic E-state index is -0.300. The molecule has 3 N–H and O–H groups in total. The van der Waals surface area contributed by atoms with Gasteiger partial charge < -0.3 is 15.8 Å². The summed E-state index contributed by atoms with van der Waals surface area (Å²) in [6, 6.07) is 7.12. The SMILES string of the molecule is Nc1cccc(NC(=O)[C@H]2CCCO2)c1. The van der Waals surface area contributed by atoms with E-state index in [9.17, 15) is 4.79 Å². The number of benzene rings is 1. The molecule has 0 aromatic heterocycles. The third-order valence-corrected chi connectivity index (χ3v) is 2.38. The van der Waals surface area contributed by atoms with Gasteiger partial charge in [0.1, 0.15) is 6.10 Å². The maximum absolute atomic E-state index is 11.6. The van der Waals surface area contributed by atoms with Crippen LogP contribution in [-0.2, 0) is 9.53 Å². The molecule has 1 amide bonds. The van der Waals surface area contributed by atoms with Gasteiger partial charge >= 0.3 is 0 Å². The first kappa shape index (κ1) is 9.98. The van der Waals surface area contributed by atoms with Crippen molar-refractivity contribution in [3.8, 4) is 0 Å². The van der Waals surface area contributed by atoms with E-state index in [1.165, 1.54) is 0 Å². The lowest BCUT2D eigenvalue weighted by molar-refractivity contribution is -0.124. The van der Waals surface area contributed by atoms with Gasteiger partial charge in [-0.05, 0) is 31.0 Å². The predicted octanol–water partition coefficient (Wildman–Crippen LogP) is 1.39. The number of hydrogen-bond donors (Lipinski definition) is 2. The average Bonchev–Trinajstić information content (AvgIpc) is 2.70. The highest BCUT2D eigenvalue weighted by atomic mass is 16.5. The molecule has 1 aromatic carbocycles. The van der Waals surface area contributed by atoms with Gasteiger partial charge in [-0.25, -0.2) is 0 Å². The first-order chi connectivity index (χ1) is 7.25. The van der Waals surface area contributed by atoms with Crippen LogP contribution < -0.4 is 11.1 Å². The molecule has 15 heavy (non-hydrogen) atoms. The molecule has 1 fully saturated rings. The molecular weight excluding hydrogens is 192 g/mol. The third kappa shape index (κ3) is 2.47. The average molecular weight is 206 g/mol. The largest absolute Gasteiger partial charge is 0.399 e. The number of nitrogens with one attached hydrogen (secondary N) is 1. The van der Waals surface area contributed by atoms with E-state index in [1.54, 1.807) is 18.2 Å². The summed E-state index contributed by atoms with van der Waals surface area (Å²) in [5.41, 5.74) is 6.96. The molecule has 1 saturated heterocycles. The summed E-state index contributed by atoms with van der Waals surface area (Å²) in [6.07, 6.45) is 1.45. The van der Waals surface area contributed by atoms with E-state index in [0.717, 1.165) is 18.5 Å². The zero-order chi connectivity index (χ0) is 10.7. The van der Waals surface area contributed by atoms with Crippen LogP contribution in [0.3, 0.4) is 0 Å². The smallest absolute Gasteiger partial charge is 0.253 e. The molecule has 0 bridgehead atoms. The van der Waals surface area contributed by atoms with Crippen molar-refractivity contribution in [3.63, 3.8) is 0 Å². The highest BCUT2D eigenvalue weighted by Crippen LogP contribution is 2.16. The van der Waals surface area contributed by atoms with Crippen LogP contribution in [0.4, 0.5) is 11.4 Å². The number of ether oxygens (including phenoxy) is 1. The van der Waals surface area contributed by atoms with Crippen molar-refractivity contribution in [1.29, 1.82) is 0 Å². The molecule has 2 rings (SSSR count). The number of nitrogens with two attached hydrogens (primary N) is 1. The Balaban J connectivity index is 1.99. The lowest BCUT2D eigenvalue weighted by Crippen LogP contribution is -2.26. The van der Waals surface area contributed by atoms with E-state index in [4.69, 9.17) is 10.5 Å². The molecule has 0 spiro atoms. The van der Waals surface area contributed by atoms with E-state index >= 15 is 0 Å². The zero-order valence-electron chi connectivity index (χ0n) is 8.40. The molecule has 1 atom stereocenters. The van der Waals surface area contributed by atoms with Crippen molar-refractivity contribution in [3.05, 3.63) is 24.3 Å². The Morgan fingerprint density at radius 1 is 1.53 bits per heavy atom. The van der Waals surface area contributed by atoms with Crippen LogP contribution in [0.5, 0.6) is 0 Å². The third-order valence-electron chi connectivity index (χ3n) is 2.38. The fourth-order valence-electron chi connectivity index (χ4n) is 1.62. The molecule has 1 aromatic rings. The van der Waals surface area contributed by atoms with Gasteiger partial charge in [-0.1, -0.05) is 6.07 Å². The van der Waals surface area contributed by atoms with E-state index in [2.05, 4.69) is 5.32 Å². The van der Waals surface area contributed by atoms with Crippen LogP contribution in [0.2, 0.25) is 0 Å². The maximum atomic E-state index is 11.6. The van der Waals surface area contributed by atoms with Gasteiger partial charge in [0.2, 0.25) is 0 Å². The van der Waals surface area contributed by atoms with Crippen LogP contribution in [0.15, 0.2) is 24.3 Å². The van der Waals surface area contributed by atoms with E-state index in [0.29, 0.717) is 12.3 Å². The first-order valence-electron chi connectivity index (χ1n) is 5.04. The number of hydrogen-bond acceptors (Lipinski definition) is 3. The van der Waals surface area contributed by atoms with Crippen LogP contribution in [0.25, 0.3) is 0 Å². The van der Waals surface area contributed by atoms with Gasteiger partial charge in [0.05, 0.1) is 0 Å². The number of anilines is 2. The Hall–Kier alpha value is -1.55. The second-order valence-corrected chi connectivity index (χ2v) is 3.62. The number of carbonyl (C=O) groups excluding carboxylic acids is 1. The Morgan fingerprint density at radius 3 is 3.07 bits per heavy atom. The summed E-state index contributed by atoms with van der Waals surface area (Å²) in [5, 5.41) is 2.78. The van der Waals surface area contributed by atoms with Crippen LogP contribution in [-0.4, -0.2) is 18.6 Å². The van der Waals surface area contributed by atoms with E-state index < -0.39 is 0 Å². The van der Waals surface area contributed by atoms with Gasteiger partial charge in [-0.2, -0.15) is 0 Å². The molecule has 80 valence electrons. The number of nitrogen functional groups attached to an aromatic ring is 1. The van der Waals surface area contributed by atoms with Gasteiger partial charge in [0.15, 0.2) is 0 Å². The molecule has 4 nitrogen and oxygen atoms in total. The minimum absolute atomic E-state index is 0.0851. The second-order valence-electron chi connectivity index (χ2n) is 3.62. The maximum Gasteiger partial charge on any atom is 0.253 e. The van der Waals surface area contributed by atoms with E-state index in [1.807, 2.05) is 6.07 Å². The summed E-state index contributed by atoms with van der Waals surface area (Å²) in [7, 11) is 0. The lowest BCUT2D eigenvalue weighted by atomic mass is 10.2. The summed E-state index contributed by atoms with van der Waals surface area (Å²) < 4.78 is 5.27. The zero-order valence-corrected chi connectivity index (χ0v) is 8.40. The summed E-state index contributed by atoms with van der Waals surface area (Å²) in [4.78, 5) is 11.6. The summed E-state index contributed by atoms with van der Waals surface area (Å²) in [5.74, 6) is -0.0851. The van der Waals surface area contributed by atoms with Gasteiger partial charge in [0, 0.05) is 18.0 Å². The van der Waals surface area contributed by atoms with Crippen molar-refractivity contribution >= 4 is 17.3 Å². The van der Waals surface area contributed by atoms with Gasteiger partial charge in [-0.3, -0.25) is 4.79 Å². The highest BCUT2D eigenvalue weighted by Gasteiger charge is 2.23. The number of rotatable bonds is 2. The standard InChI is InChI=1S/C11H14N2O2/c12-8-3-1-4-9(7-8)13-11(14)10-5-2-6-15-10/h1,3-4,7,10H,2,5-6,12H2,(H,13,14)/t10-/m1/s1. The number of amides is 1. The Labute approximate surface area is 88.4 Å². The molecule has 0 aliphatic carbocycles.